The van der Waals surface area contributed by atoms with Gasteiger partial charge in [-0.05, 0) is 25.0 Å². The summed E-state index contributed by atoms with van der Waals surface area (Å²) in [5, 5.41) is 0. The third kappa shape index (κ3) is 4.44. The van der Waals surface area contributed by atoms with E-state index in [1.807, 2.05) is 36.4 Å². The summed E-state index contributed by atoms with van der Waals surface area (Å²) in [6, 6.07) is 20.5. The van der Waals surface area contributed by atoms with Gasteiger partial charge in [0.1, 0.15) is 0 Å². The molecule has 0 aliphatic carbocycles. The van der Waals surface area contributed by atoms with E-state index in [2.05, 4.69) is 38.1 Å². The minimum atomic E-state index is -0.267. The fourth-order valence-electron chi connectivity index (χ4n) is 3.08. The van der Waals surface area contributed by atoms with E-state index in [1.54, 1.807) is 0 Å². The first-order valence-electron chi connectivity index (χ1n) is 8.61. The SMILES string of the molecule is CC1OC(COCc2ccccc2)CC1(C)OCc1ccccc1. The van der Waals surface area contributed by atoms with Crippen LogP contribution in [-0.2, 0) is 27.4 Å². The van der Waals surface area contributed by atoms with Crippen LogP contribution in [0.1, 0.15) is 31.4 Å². The molecule has 0 saturated carbocycles. The molecule has 0 aromatic heterocycles. The summed E-state index contributed by atoms with van der Waals surface area (Å²) in [4.78, 5) is 0. The summed E-state index contributed by atoms with van der Waals surface area (Å²) in [5.41, 5.74) is 2.11. The standard InChI is InChI=1S/C21H26O3/c1-17-21(2,23-15-19-11-7-4-8-12-19)13-20(24-17)16-22-14-18-9-5-3-6-10-18/h3-12,17,20H,13-16H2,1-2H3. The highest BCUT2D eigenvalue weighted by Crippen LogP contribution is 2.34. The third-order valence-electron chi connectivity index (χ3n) is 4.72. The van der Waals surface area contributed by atoms with E-state index in [1.165, 1.54) is 11.1 Å². The molecule has 2 aromatic carbocycles. The van der Waals surface area contributed by atoms with Gasteiger partial charge in [0.05, 0.1) is 37.6 Å². The van der Waals surface area contributed by atoms with Crippen LogP contribution >= 0.6 is 0 Å². The maximum absolute atomic E-state index is 6.20. The van der Waals surface area contributed by atoms with Gasteiger partial charge < -0.3 is 14.2 Å². The minimum Gasteiger partial charge on any atom is -0.374 e. The Morgan fingerprint density at radius 1 is 0.958 bits per heavy atom. The molecule has 1 saturated heterocycles. The van der Waals surface area contributed by atoms with Crippen molar-refractivity contribution in [2.45, 2.75) is 51.3 Å². The molecule has 3 unspecified atom stereocenters. The molecule has 0 amide bonds. The van der Waals surface area contributed by atoms with Crippen LogP contribution in [0.15, 0.2) is 60.7 Å². The Labute approximate surface area is 144 Å². The molecular weight excluding hydrogens is 300 g/mol. The normalized spacial score (nSPS) is 26.6. The zero-order valence-electron chi connectivity index (χ0n) is 14.5. The predicted octanol–water partition coefficient (Wildman–Crippen LogP) is 4.36. The van der Waals surface area contributed by atoms with Gasteiger partial charge in [0.2, 0.25) is 0 Å². The lowest BCUT2D eigenvalue weighted by molar-refractivity contribution is -0.0883. The van der Waals surface area contributed by atoms with Crippen molar-refractivity contribution in [3.8, 4) is 0 Å². The van der Waals surface area contributed by atoms with Crippen molar-refractivity contribution in [3.63, 3.8) is 0 Å². The first-order valence-corrected chi connectivity index (χ1v) is 8.61. The summed E-state index contributed by atoms with van der Waals surface area (Å²) in [6.07, 6.45) is 1.01. The first kappa shape index (κ1) is 17.2. The smallest absolute Gasteiger partial charge is 0.0942 e. The summed E-state index contributed by atoms with van der Waals surface area (Å²) in [5.74, 6) is 0. The van der Waals surface area contributed by atoms with Crippen molar-refractivity contribution in [2.24, 2.45) is 0 Å². The lowest BCUT2D eigenvalue weighted by Crippen LogP contribution is -2.35. The van der Waals surface area contributed by atoms with Crippen LogP contribution < -0.4 is 0 Å². The monoisotopic (exact) mass is 326 g/mol. The largest absolute Gasteiger partial charge is 0.374 e. The van der Waals surface area contributed by atoms with Crippen LogP contribution in [0.5, 0.6) is 0 Å². The Bertz CT molecular complexity index is 613. The van der Waals surface area contributed by atoms with Gasteiger partial charge in [-0.2, -0.15) is 0 Å². The second-order valence-corrected chi connectivity index (χ2v) is 6.69. The van der Waals surface area contributed by atoms with Crippen LogP contribution in [0.4, 0.5) is 0 Å². The number of hydrogen-bond donors (Lipinski definition) is 0. The van der Waals surface area contributed by atoms with Crippen molar-refractivity contribution in [3.05, 3.63) is 71.8 Å². The Morgan fingerprint density at radius 3 is 2.17 bits per heavy atom. The molecule has 3 nitrogen and oxygen atoms in total. The van der Waals surface area contributed by atoms with Gasteiger partial charge in [0, 0.05) is 6.42 Å². The summed E-state index contributed by atoms with van der Waals surface area (Å²) < 4.78 is 18.1. The zero-order chi connectivity index (χ0) is 16.8. The topological polar surface area (TPSA) is 27.7 Å². The molecule has 0 radical (unpaired) electrons. The third-order valence-corrected chi connectivity index (χ3v) is 4.72. The molecule has 24 heavy (non-hydrogen) atoms. The lowest BCUT2D eigenvalue weighted by atomic mass is 9.96. The molecule has 1 fully saturated rings. The second-order valence-electron chi connectivity index (χ2n) is 6.69. The van der Waals surface area contributed by atoms with Gasteiger partial charge in [-0.1, -0.05) is 60.7 Å². The Hall–Kier alpha value is -1.68. The Morgan fingerprint density at radius 2 is 1.54 bits per heavy atom. The Kier molecular flexibility index (Phi) is 5.67. The molecule has 3 heteroatoms. The van der Waals surface area contributed by atoms with Gasteiger partial charge in [0.25, 0.3) is 0 Å². The zero-order valence-corrected chi connectivity index (χ0v) is 14.5. The van der Waals surface area contributed by atoms with Crippen LogP contribution in [0.2, 0.25) is 0 Å². The van der Waals surface area contributed by atoms with Crippen LogP contribution in [0.3, 0.4) is 0 Å². The van der Waals surface area contributed by atoms with Crippen molar-refractivity contribution in [1.29, 1.82) is 0 Å². The summed E-state index contributed by atoms with van der Waals surface area (Å²) in [6.45, 7) is 6.06. The lowest BCUT2D eigenvalue weighted by Gasteiger charge is -2.27. The molecule has 1 aliphatic heterocycles. The Balaban J connectivity index is 1.46. The van der Waals surface area contributed by atoms with E-state index in [0.29, 0.717) is 19.8 Å². The first-order chi connectivity index (χ1) is 11.7. The van der Waals surface area contributed by atoms with Gasteiger partial charge >= 0.3 is 0 Å². The average molecular weight is 326 g/mol. The van der Waals surface area contributed by atoms with Crippen LogP contribution in [0.25, 0.3) is 0 Å². The molecular formula is C21H26O3. The van der Waals surface area contributed by atoms with Crippen molar-refractivity contribution >= 4 is 0 Å². The van der Waals surface area contributed by atoms with E-state index in [4.69, 9.17) is 14.2 Å². The number of hydrogen-bond acceptors (Lipinski definition) is 3. The number of rotatable bonds is 7. The average Bonchev–Trinajstić information content (AvgIpc) is 2.90. The van der Waals surface area contributed by atoms with Gasteiger partial charge in [-0.3, -0.25) is 0 Å². The minimum absolute atomic E-state index is 0.0616. The number of benzene rings is 2. The summed E-state index contributed by atoms with van der Waals surface area (Å²) >= 11 is 0. The maximum atomic E-state index is 6.20. The fraction of sp³-hybridized carbons (Fsp3) is 0.429. The van der Waals surface area contributed by atoms with Crippen molar-refractivity contribution < 1.29 is 14.2 Å². The maximum Gasteiger partial charge on any atom is 0.0942 e. The highest BCUT2D eigenvalue weighted by Gasteiger charge is 2.43. The second kappa shape index (κ2) is 7.93. The molecule has 0 bridgehead atoms. The van der Waals surface area contributed by atoms with E-state index in [-0.39, 0.29) is 17.8 Å². The highest BCUT2D eigenvalue weighted by atomic mass is 16.6. The van der Waals surface area contributed by atoms with E-state index < -0.39 is 0 Å². The van der Waals surface area contributed by atoms with Gasteiger partial charge in [-0.15, -0.1) is 0 Å². The van der Waals surface area contributed by atoms with Crippen molar-refractivity contribution in [1.82, 2.24) is 0 Å². The molecule has 128 valence electrons. The van der Waals surface area contributed by atoms with E-state index in [9.17, 15) is 0 Å². The van der Waals surface area contributed by atoms with Crippen LogP contribution in [-0.4, -0.2) is 24.4 Å². The molecule has 2 aromatic rings. The molecule has 3 rings (SSSR count). The summed E-state index contributed by atoms with van der Waals surface area (Å²) in [7, 11) is 0. The molecule has 1 aliphatic rings. The fourth-order valence-corrected chi connectivity index (χ4v) is 3.08. The molecule has 3 atom stereocenters. The number of ether oxygens (including phenoxy) is 3. The van der Waals surface area contributed by atoms with E-state index >= 15 is 0 Å². The highest BCUT2D eigenvalue weighted by molar-refractivity contribution is 5.14. The molecule has 0 N–H and O–H groups in total. The van der Waals surface area contributed by atoms with Gasteiger partial charge in [0.15, 0.2) is 0 Å². The predicted molar refractivity (Wildman–Crippen MR) is 94.7 cm³/mol. The van der Waals surface area contributed by atoms with Crippen molar-refractivity contribution in [2.75, 3.05) is 6.61 Å². The van der Waals surface area contributed by atoms with Gasteiger partial charge in [-0.25, -0.2) is 0 Å². The molecule has 1 heterocycles. The van der Waals surface area contributed by atoms with E-state index in [0.717, 1.165) is 6.42 Å². The molecule has 0 spiro atoms. The van der Waals surface area contributed by atoms with Crippen LogP contribution in [0, 0.1) is 0 Å². The quantitative estimate of drug-likeness (QED) is 0.757.